The van der Waals surface area contributed by atoms with Crippen LogP contribution in [0.2, 0.25) is 0 Å². The maximum absolute atomic E-state index is 10.7. The van der Waals surface area contributed by atoms with Gasteiger partial charge >= 0.3 is 5.97 Å². The number of carboxylic acids is 1. The highest BCUT2D eigenvalue weighted by atomic mass is 35.5. The first-order chi connectivity index (χ1) is 9.49. The highest BCUT2D eigenvalue weighted by Crippen LogP contribution is 2.28. The van der Waals surface area contributed by atoms with Gasteiger partial charge in [0.1, 0.15) is 0 Å². The molecule has 1 heterocycles. The quantitative estimate of drug-likeness (QED) is 0.909. The minimum Gasteiger partial charge on any atom is -0.481 e. The van der Waals surface area contributed by atoms with E-state index in [-0.39, 0.29) is 18.8 Å². The number of carboxylic acid groups (broad SMARTS) is 1. The fourth-order valence-electron chi connectivity index (χ4n) is 2.37. The van der Waals surface area contributed by atoms with Gasteiger partial charge in [-0.15, -0.1) is 12.4 Å². The number of nitrogens with zero attached hydrogens (tertiary/aromatic N) is 1. The molecule has 5 heteroatoms. The molecule has 3 N–H and O–H groups in total. The SMILES string of the molecule is Cc1cccc(C)c1-c1cncc(C(N)CC(=O)O)c1.Cl. The van der Waals surface area contributed by atoms with Crippen LogP contribution in [0.5, 0.6) is 0 Å². The summed E-state index contributed by atoms with van der Waals surface area (Å²) in [6, 6.07) is 7.50. The molecule has 0 fully saturated rings. The average molecular weight is 307 g/mol. The number of carbonyl (C=O) groups is 1. The molecule has 1 unspecified atom stereocenters. The zero-order valence-electron chi connectivity index (χ0n) is 12.0. The number of aromatic nitrogens is 1. The average Bonchev–Trinajstić information content (AvgIpc) is 2.38. The summed E-state index contributed by atoms with van der Waals surface area (Å²) in [5.74, 6) is -0.907. The molecule has 0 bridgehead atoms. The van der Waals surface area contributed by atoms with Crippen LogP contribution in [0.4, 0.5) is 0 Å². The third kappa shape index (κ3) is 4.03. The lowest BCUT2D eigenvalue weighted by Gasteiger charge is -2.13. The van der Waals surface area contributed by atoms with Crippen molar-refractivity contribution < 1.29 is 9.90 Å². The Morgan fingerprint density at radius 3 is 2.48 bits per heavy atom. The van der Waals surface area contributed by atoms with Gasteiger partial charge in [0.15, 0.2) is 0 Å². The lowest BCUT2D eigenvalue weighted by atomic mass is 9.95. The fraction of sp³-hybridized carbons (Fsp3) is 0.250. The van der Waals surface area contributed by atoms with Crippen molar-refractivity contribution in [2.45, 2.75) is 26.3 Å². The lowest BCUT2D eigenvalue weighted by molar-refractivity contribution is -0.137. The number of hydrogen-bond acceptors (Lipinski definition) is 3. The van der Waals surface area contributed by atoms with Crippen LogP contribution in [0.25, 0.3) is 11.1 Å². The summed E-state index contributed by atoms with van der Waals surface area (Å²) in [5.41, 5.74) is 11.1. The molecule has 0 saturated carbocycles. The molecule has 4 nitrogen and oxygen atoms in total. The Labute approximate surface area is 130 Å². The highest BCUT2D eigenvalue weighted by molar-refractivity contribution is 5.85. The first-order valence-corrected chi connectivity index (χ1v) is 6.48. The second-order valence-corrected chi connectivity index (χ2v) is 4.98. The minimum atomic E-state index is -0.907. The second kappa shape index (κ2) is 7.20. The summed E-state index contributed by atoms with van der Waals surface area (Å²) in [7, 11) is 0. The minimum absolute atomic E-state index is 0. The molecule has 0 aliphatic heterocycles. The largest absolute Gasteiger partial charge is 0.481 e. The summed E-state index contributed by atoms with van der Waals surface area (Å²) >= 11 is 0. The van der Waals surface area contributed by atoms with E-state index in [1.807, 2.05) is 38.1 Å². The maximum Gasteiger partial charge on any atom is 0.305 e. The van der Waals surface area contributed by atoms with E-state index in [4.69, 9.17) is 10.8 Å². The van der Waals surface area contributed by atoms with E-state index < -0.39 is 12.0 Å². The Morgan fingerprint density at radius 2 is 1.90 bits per heavy atom. The van der Waals surface area contributed by atoms with Crippen LogP contribution in [-0.2, 0) is 4.79 Å². The third-order valence-corrected chi connectivity index (χ3v) is 3.35. The summed E-state index contributed by atoms with van der Waals surface area (Å²) in [6.07, 6.45) is 3.31. The van der Waals surface area contributed by atoms with Gasteiger partial charge in [0.05, 0.1) is 6.42 Å². The maximum atomic E-state index is 10.7. The van der Waals surface area contributed by atoms with E-state index in [0.29, 0.717) is 0 Å². The molecule has 112 valence electrons. The molecule has 0 amide bonds. The van der Waals surface area contributed by atoms with Crippen molar-refractivity contribution in [2.24, 2.45) is 5.73 Å². The van der Waals surface area contributed by atoms with Crippen molar-refractivity contribution in [1.29, 1.82) is 0 Å². The van der Waals surface area contributed by atoms with Crippen molar-refractivity contribution in [2.75, 3.05) is 0 Å². The van der Waals surface area contributed by atoms with Gasteiger partial charge in [0.2, 0.25) is 0 Å². The molecule has 21 heavy (non-hydrogen) atoms. The number of nitrogens with two attached hydrogens (primary N) is 1. The normalized spacial score (nSPS) is 11.6. The molecule has 2 rings (SSSR count). The van der Waals surface area contributed by atoms with Gasteiger partial charge < -0.3 is 10.8 Å². The predicted octanol–water partition coefficient (Wildman–Crippen LogP) is 3.26. The lowest BCUT2D eigenvalue weighted by Crippen LogP contribution is -2.15. The van der Waals surface area contributed by atoms with E-state index in [1.165, 1.54) is 0 Å². The Bertz CT molecular complexity index is 624. The molecule has 0 aliphatic rings. The smallest absolute Gasteiger partial charge is 0.305 e. The van der Waals surface area contributed by atoms with Crippen LogP contribution < -0.4 is 5.73 Å². The van der Waals surface area contributed by atoms with Crippen molar-refractivity contribution in [3.63, 3.8) is 0 Å². The Hall–Kier alpha value is -1.91. The summed E-state index contributed by atoms with van der Waals surface area (Å²) < 4.78 is 0. The number of aryl methyl sites for hydroxylation is 2. The van der Waals surface area contributed by atoms with Crippen LogP contribution in [0.15, 0.2) is 36.7 Å². The Balaban J connectivity index is 0.00000220. The van der Waals surface area contributed by atoms with Crippen LogP contribution in [0, 0.1) is 13.8 Å². The van der Waals surface area contributed by atoms with Crippen molar-refractivity contribution in [3.05, 3.63) is 53.3 Å². The van der Waals surface area contributed by atoms with Crippen molar-refractivity contribution in [1.82, 2.24) is 4.98 Å². The molecule has 1 atom stereocenters. The molecule has 1 aromatic carbocycles. The molecule has 0 radical (unpaired) electrons. The zero-order chi connectivity index (χ0) is 14.7. The summed E-state index contributed by atoms with van der Waals surface area (Å²) in [6.45, 7) is 4.10. The number of halogens is 1. The molecular weight excluding hydrogens is 288 g/mol. The van der Waals surface area contributed by atoms with Gasteiger partial charge in [-0.3, -0.25) is 9.78 Å². The Morgan fingerprint density at radius 1 is 1.29 bits per heavy atom. The monoisotopic (exact) mass is 306 g/mol. The van der Waals surface area contributed by atoms with Crippen LogP contribution in [-0.4, -0.2) is 16.1 Å². The number of benzene rings is 1. The van der Waals surface area contributed by atoms with Crippen LogP contribution >= 0.6 is 12.4 Å². The summed E-state index contributed by atoms with van der Waals surface area (Å²) in [4.78, 5) is 14.9. The second-order valence-electron chi connectivity index (χ2n) is 4.98. The third-order valence-electron chi connectivity index (χ3n) is 3.35. The van der Waals surface area contributed by atoms with E-state index in [2.05, 4.69) is 4.98 Å². The fourth-order valence-corrected chi connectivity index (χ4v) is 2.37. The van der Waals surface area contributed by atoms with Crippen molar-refractivity contribution in [3.8, 4) is 11.1 Å². The first kappa shape index (κ1) is 17.1. The standard InChI is InChI=1S/C16H18N2O2.ClH/c1-10-4-3-5-11(2)16(10)13-6-12(8-18-9-13)14(17)7-15(19)20;/h3-6,8-9,14H,7,17H2,1-2H3,(H,19,20);1H. The van der Waals surface area contributed by atoms with E-state index in [0.717, 1.165) is 27.8 Å². The molecule has 0 saturated heterocycles. The first-order valence-electron chi connectivity index (χ1n) is 6.48. The highest BCUT2D eigenvalue weighted by Gasteiger charge is 2.13. The van der Waals surface area contributed by atoms with E-state index >= 15 is 0 Å². The van der Waals surface area contributed by atoms with Gasteiger partial charge in [-0.05, 0) is 42.2 Å². The van der Waals surface area contributed by atoms with Gasteiger partial charge in [-0.1, -0.05) is 18.2 Å². The van der Waals surface area contributed by atoms with Crippen LogP contribution in [0.3, 0.4) is 0 Å². The Kier molecular flexibility index (Phi) is 5.88. The molecule has 2 aromatic rings. The molecule has 0 aliphatic carbocycles. The zero-order valence-corrected chi connectivity index (χ0v) is 12.9. The van der Waals surface area contributed by atoms with Gasteiger partial charge in [0.25, 0.3) is 0 Å². The van der Waals surface area contributed by atoms with E-state index in [1.54, 1.807) is 12.4 Å². The van der Waals surface area contributed by atoms with Crippen LogP contribution in [0.1, 0.15) is 29.2 Å². The predicted molar refractivity (Wildman–Crippen MR) is 85.6 cm³/mol. The molecule has 0 spiro atoms. The van der Waals surface area contributed by atoms with Gasteiger partial charge in [-0.25, -0.2) is 0 Å². The molecular formula is C16H19ClN2O2. The van der Waals surface area contributed by atoms with Gasteiger partial charge in [0, 0.05) is 24.0 Å². The molecule has 1 aromatic heterocycles. The van der Waals surface area contributed by atoms with E-state index in [9.17, 15) is 4.79 Å². The van der Waals surface area contributed by atoms with Crippen molar-refractivity contribution >= 4 is 18.4 Å². The number of rotatable bonds is 4. The number of hydrogen-bond donors (Lipinski definition) is 2. The van der Waals surface area contributed by atoms with Gasteiger partial charge in [-0.2, -0.15) is 0 Å². The summed E-state index contributed by atoms with van der Waals surface area (Å²) in [5, 5.41) is 8.82. The number of aliphatic carboxylic acids is 1. The topological polar surface area (TPSA) is 76.2 Å². The number of pyridine rings is 1.